The van der Waals surface area contributed by atoms with E-state index in [1.165, 1.54) is 10.8 Å². The van der Waals surface area contributed by atoms with Gasteiger partial charge in [0.2, 0.25) is 5.91 Å². The molecule has 0 spiro atoms. The lowest BCUT2D eigenvalue weighted by molar-refractivity contribution is -0.123. The van der Waals surface area contributed by atoms with Crippen molar-refractivity contribution in [1.29, 1.82) is 0 Å². The Bertz CT molecular complexity index is 363. The lowest BCUT2D eigenvalue weighted by Crippen LogP contribution is -2.42. The molecule has 0 aromatic carbocycles. The molecule has 1 aromatic heterocycles. The van der Waals surface area contributed by atoms with Crippen LogP contribution in [0.2, 0.25) is 0 Å². The van der Waals surface area contributed by atoms with Gasteiger partial charge in [0.15, 0.2) is 12.1 Å². The van der Waals surface area contributed by atoms with Crippen LogP contribution in [0.4, 0.5) is 0 Å². The van der Waals surface area contributed by atoms with Crippen molar-refractivity contribution in [3.05, 3.63) is 18.2 Å². The standard InChI is InChI=1S/C10H15N3O2/c1-10(2,3)12-9(15)6-13-5-4-11-8(13)7-14/h4-5,7H,6H2,1-3H3,(H,12,15). The minimum absolute atomic E-state index is 0.116. The summed E-state index contributed by atoms with van der Waals surface area (Å²) in [6.45, 7) is 5.82. The van der Waals surface area contributed by atoms with Gasteiger partial charge in [-0.2, -0.15) is 0 Å². The van der Waals surface area contributed by atoms with Crippen molar-refractivity contribution >= 4 is 12.2 Å². The second kappa shape index (κ2) is 4.25. The van der Waals surface area contributed by atoms with E-state index in [0.29, 0.717) is 6.29 Å². The summed E-state index contributed by atoms with van der Waals surface area (Å²) in [4.78, 5) is 25.9. The van der Waals surface area contributed by atoms with Gasteiger partial charge >= 0.3 is 0 Å². The number of carbonyl (C=O) groups is 2. The molecule has 0 bridgehead atoms. The van der Waals surface area contributed by atoms with Gasteiger partial charge in [0.1, 0.15) is 6.54 Å². The minimum Gasteiger partial charge on any atom is -0.350 e. The first-order chi connectivity index (χ1) is 6.92. The fourth-order valence-electron chi connectivity index (χ4n) is 1.19. The number of hydrogen-bond acceptors (Lipinski definition) is 3. The summed E-state index contributed by atoms with van der Waals surface area (Å²) in [7, 11) is 0. The Labute approximate surface area is 88.5 Å². The van der Waals surface area contributed by atoms with E-state index in [1.807, 2.05) is 20.8 Å². The summed E-state index contributed by atoms with van der Waals surface area (Å²) >= 11 is 0. The molecule has 82 valence electrons. The van der Waals surface area contributed by atoms with Gasteiger partial charge in [-0.05, 0) is 20.8 Å². The Morgan fingerprint density at radius 1 is 1.60 bits per heavy atom. The number of aldehydes is 1. The molecule has 1 rings (SSSR count). The first-order valence-corrected chi connectivity index (χ1v) is 4.70. The maximum atomic E-state index is 11.5. The lowest BCUT2D eigenvalue weighted by atomic mass is 10.1. The Hall–Kier alpha value is -1.65. The zero-order valence-corrected chi connectivity index (χ0v) is 9.15. The Kier molecular flexibility index (Phi) is 3.24. The molecule has 0 saturated carbocycles. The Morgan fingerprint density at radius 2 is 2.27 bits per heavy atom. The van der Waals surface area contributed by atoms with Crippen molar-refractivity contribution in [2.75, 3.05) is 0 Å². The summed E-state index contributed by atoms with van der Waals surface area (Å²) in [5.41, 5.74) is -0.265. The highest BCUT2D eigenvalue weighted by Gasteiger charge is 2.14. The van der Waals surface area contributed by atoms with Gasteiger partial charge in [0.05, 0.1) is 0 Å². The molecule has 5 heteroatoms. The molecule has 0 fully saturated rings. The molecular weight excluding hydrogens is 194 g/mol. The van der Waals surface area contributed by atoms with Crippen LogP contribution in [0.5, 0.6) is 0 Å². The van der Waals surface area contributed by atoms with Gasteiger partial charge in [-0.1, -0.05) is 0 Å². The fraction of sp³-hybridized carbons (Fsp3) is 0.500. The Balaban J connectivity index is 2.63. The van der Waals surface area contributed by atoms with E-state index >= 15 is 0 Å². The van der Waals surface area contributed by atoms with Crippen LogP contribution in [-0.2, 0) is 11.3 Å². The third-order valence-electron chi connectivity index (χ3n) is 1.68. The summed E-state index contributed by atoms with van der Waals surface area (Å²) in [5, 5.41) is 2.81. The van der Waals surface area contributed by atoms with Crippen molar-refractivity contribution in [1.82, 2.24) is 14.9 Å². The molecule has 1 heterocycles. The molecule has 0 aliphatic carbocycles. The SMILES string of the molecule is CC(C)(C)NC(=O)Cn1ccnc1C=O. The van der Waals surface area contributed by atoms with Gasteiger partial charge in [0, 0.05) is 17.9 Å². The van der Waals surface area contributed by atoms with Gasteiger partial charge in [-0.25, -0.2) is 4.98 Å². The third-order valence-corrected chi connectivity index (χ3v) is 1.68. The zero-order chi connectivity index (χ0) is 11.5. The topological polar surface area (TPSA) is 64.0 Å². The molecule has 0 aliphatic heterocycles. The molecule has 15 heavy (non-hydrogen) atoms. The number of nitrogens with one attached hydrogen (secondary N) is 1. The summed E-state index contributed by atoms with van der Waals surface area (Å²) in [5.74, 6) is 0.127. The average Bonchev–Trinajstić information content (AvgIpc) is 2.48. The molecule has 0 atom stereocenters. The second-order valence-electron chi connectivity index (χ2n) is 4.33. The van der Waals surface area contributed by atoms with Crippen molar-refractivity contribution in [2.24, 2.45) is 0 Å². The first kappa shape index (κ1) is 11.4. The number of amides is 1. The van der Waals surface area contributed by atoms with E-state index in [1.54, 1.807) is 6.20 Å². The second-order valence-corrected chi connectivity index (χ2v) is 4.33. The van der Waals surface area contributed by atoms with Crippen LogP contribution < -0.4 is 5.32 Å². The van der Waals surface area contributed by atoms with E-state index in [4.69, 9.17) is 0 Å². The predicted octanol–water partition coefficient (Wildman–Crippen LogP) is 0.610. The van der Waals surface area contributed by atoms with Crippen LogP contribution in [0, 0.1) is 0 Å². The van der Waals surface area contributed by atoms with E-state index in [0.717, 1.165) is 0 Å². The van der Waals surface area contributed by atoms with Crippen LogP contribution in [-0.4, -0.2) is 27.3 Å². The number of carbonyl (C=O) groups excluding carboxylic acids is 2. The van der Waals surface area contributed by atoms with Crippen molar-refractivity contribution < 1.29 is 9.59 Å². The third kappa shape index (κ3) is 3.53. The fourth-order valence-corrected chi connectivity index (χ4v) is 1.19. The van der Waals surface area contributed by atoms with E-state index < -0.39 is 0 Å². The summed E-state index contributed by atoms with van der Waals surface area (Å²) in [6, 6.07) is 0. The van der Waals surface area contributed by atoms with Crippen LogP contribution in [0.15, 0.2) is 12.4 Å². The van der Waals surface area contributed by atoms with Gasteiger partial charge < -0.3 is 9.88 Å². The average molecular weight is 209 g/mol. The zero-order valence-electron chi connectivity index (χ0n) is 9.15. The molecule has 0 aliphatic rings. The Morgan fingerprint density at radius 3 is 2.80 bits per heavy atom. The monoisotopic (exact) mass is 209 g/mol. The highest BCUT2D eigenvalue weighted by molar-refractivity contribution is 5.78. The minimum atomic E-state index is -0.265. The summed E-state index contributed by atoms with van der Waals surface area (Å²) < 4.78 is 1.51. The molecule has 1 amide bonds. The molecule has 0 saturated heterocycles. The van der Waals surface area contributed by atoms with E-state index in [-0.39, 0.29) is 23.8 Å². The van der Waals surface area contributed by atoms with Crippen LogP contribution in [0.1, 0.15) is 31.4 Å². The lowest BCUT2D eigenvalue weighted by Gasteiger charge is -2.20. The largest absolute Gasteiger partial charge is 0.350 e. The maximum Gasteiger partial charge on any atom is 0.240 e. The van der Waals surface area contributed by atoms with Gasteiger partial charge in [-0.3, -0.25) is 9.59 Å². The van der Waals surface area contributed by atoms with Crippen molar-refractivity contribution in [3.63, 3.8) is 0 Å². The quantitative estimate of drug-likeness (QED) is 0.742. The molecule has 0 radical (unpaired) electrons. The molecule has 0 unspecified atom stereocenters. The van der Waals surface area contributed by atoms with Gasteiger partial charge in [-0.15, -0.1) is 0 Å². The highest BCUT2D eigenvalue weighted by atomic mass is 16.2. The number of nitrogens with zero attached hydrogens (tertiary/aromatic N) is 2. The van der Waals surface area contributed by atoms with Gasteiger partial charge in [0.25, 0.3) is 0 Å². The van der Waals surface area contributed by atoms with E-state index in [2.05, 4.69) is 10.3 Å². The van der Waals surface area contributed by atoms with Crippen LogP contribution in [0.3, 0.4) is 0 Å². The van der Waals surface area contributed by atoms with E-state index in [9.17, 15) is 9.59 Å². The van der Waals surface area contributed by atoms with Crippen molar-refractivity contribution in [2.45, 2.75) is 32.9 Å². The van der Waals surface area contributed by atoms with Crippen LogP contribution >= 0.6 is 0 Å². The number of rotatable bonds is 3. The molecule has 5 nitrogen and oxygen atoms in total. The number of aromatic nitrogens is 2. The number of imidazole rings is 1. The molecule has 1 N–H and O–H groups in total. The molecular formula is C10H15N3O2. The summed E-state index contributed by atoms with van der Waals surface area (Å²) in [6.07, 6.45) is 3.73. The predicted molar refractivity (Wildman–Crippen MR) is 55.5 cm³/mol. The maximum absolute atomic E-state index is 11.5. The normalized spacial score (nSPS) is 11.1. The first-order valence-electron chi connectivity index (χ1n) is 4.70. The highest BCUT2D eigenvalue weighted by Crippen LogP contribution is 2.00. The van der Waals surface area contributed by atoms with Crippen LogP contribution in [0.25, 0.3) is 0 Å². The molecule has 1 aromatic rings. The van der Waals surface area contributed by atoms with Crippen molar-refractivity contribution in [3.8, 4) is 0 Å². The number of hydrogen-bond donors (Lipinski definition) is 1. The smallest absolute Gasteiger partial charge is 0.240 e.